The fourth-order valence-electron chi connectivity index (χ4n) is 3.30. The Morgan fingerprint density at radius 2 is 1.81 bits per heavy atom. The molecule has 0 atom stereocenters. The van der Waals surface area contributed by atoms with Crippen LogP contribution in [-0.4, -0.2) is 41.5 Å². The Hall–Kier alpha value is -2.06. The number of halogens is 1. The maximum absolute atomic E-state index is 13.9. The highest BCUT2D eigenvalue weighted by Crippen LogP contribution is 2.28. The molecule has 0 saturated carbocycles. The molecular weight excluding hydrogens is 357 g/mol. The topological polar surface area (TPSA) is 72.3 Å². The second-order valence-corrected chi connectivity index (χ2v) is 8.66. The molecule has 0 N–H and O–H groups in total. The van der Waals surface area contributed by atoms with Gasteiger partial charge in [0.1, 0.15) is 10.7 Å². The molecule has 1 aromatic carbocycles. The highest BCUT2D eigenvalue weighted by Gasteiger charge is 2.34. The van der Waals surface area contributed by atoms with Gasteiger partial charge in [-0.25, -0.2) is 12.8 Å². The Bertz CT molecular complexity index is 945. The number of sulfonamides is 1. The van der Waals surface area contributed by atoms with Crippen LogP contribution in [0.25, 0.3) is 0 Å². The SMILES string of the molecule is Cc1nn(C(=O)c2ccccc2F)c(C)c1S(=O)(=O)N1CCC(C)CC1. The van der Waals surface area contributed by atoms with Crippen molar-refractivity contribution in [2.75, 3.05) is 13.1 Å². The summed E-state index contributed by atoms with van der Waals surface area (Å²) in [6.07, 6.45) is 1.61. The van der Waals surface area contributed by atoms with E-state index in [4.69, 9.17) is 0 Å². The van der Waals surface area contributed by atoms with Crippen molar-refractivity contribution < 1.29 is 17.6 Å². The van der Waals surface area contributed by atoms with E-state index in [0.717, 1.165) is 17.5 Å². The van der Waals surface area contributed by atoms with Crippen molar-refractivity contribution in [2.24, 2.45) is 5.92 Å². The predicted octanol–water partition coefficient (Wildman–Crippen LogP) is 2.75. The van der Waals surface area contributed by atoms with Gasteiger partial charge in [-0.2, -0.15) is 14.1 Å². The van der Waals surface area contributed by atoms with Crippen LogP contribution >= 0.6 is 0 Å². The molecule has 0 amide bonds. The number of rotatable bonds is 3. The van der Waals surface area contributed by atoms with E-state index in [1.54, 1.807) is 13.0 Å². The van der Waals surface area contributed by atoms with Gasteiger partial charge in [-0.3, -0.25) is 4.79 Å². The maximum Gasteiger partial charge on any atom is 0.281 e. The summed E-state index contributed by atoms with van der Waals surface area (Å²) in [4.78, 5) is 12.7. The molecule has 0 unspecified atom stereocenters. The lowest BCUT2D eigenvalue weighted by atomic mass is 10.0. The van der Waals surface area contributed by atoms with Crippen molar-refractivity contribution in [2.45, 2.75) is 38.5 Å². The summed E-state index contributed by atoms with van der Waals surface area (Å²) >= 11 is 0. The second kappa shape index (κ2) is 6.92. The van der Waals surface area contributed by atoms with Gasteiger partial charge in [0, 0.05) is 13.1 Å². The lowest BCUT2D eigenvalue weighted by molar-refractivity contribution is 0.0938. The second-order valence-electron chi connectivity index (χ2n) is 6.78. The molecule has 3 rings (SSSR count). The minimum absolute atomic E-state index is 0.0387. The molecule has 0 bridgehead atoms. The van der Waals surface area contributed by atoms with E-state index < -0.39 is 21.7 Å². The van der Waals surface area contributed by atoms with Crippen molar-refractivity contribution in [1.29, 1.82) is 0 Å². The summed E-state index contributed by atoms with van der Waals surface area (Å²) in [5.41, 5.74) is 0.300. The van der Waals surface area contributed by atoms with Gasteiger partial charge in [0.05, 0.1) is 17.0 Å². The molecule has 0 radical (unpaired) electrons. The van der Waals surface area contributed by atoms with Crippen LogP contribution in [0.3, 0.4) is 0 Å². The zero-order chi connectivity index (χ0) is 19.1. The van der Waals surface area contributed by atoms with E-state index in [-0.39, 0.29) is 21.8 Å². The number of carbonyl (C=O) groups is 1. The van der Waals surface area contributed by atoms with Gasteiger partial charge in [0.25, 0.3) is 5.91 Å². The molecule has 1 aliphatic rings. The standard InChI is InChI=1S/C18H22FN3O3S/c1-12-8-10-21(11-9-12)26(24,25)17-13(2)20-22(14(17)3)18(23)15-6-4-5-7-16(15)19/h4-7,12H,8-11H2,1-3H3. The Kier molecular flexibility index (Phi) is 4.98. The fraction of sp³-hybridized carbons (Fsp3) is 0.444. The number of aromatic nitrogens is 2. The van der Waals surface area contributed by atoms with E-state index in [1.807, 2.05) is 0 Å². The van der Waals surface area contributed by atoms with Crippen molar-refractivity contribution >= 4 is 15.9 Å². The zero-order valence-electron chi connectivity index (χ0n) is 15.1. The monoisotopic (exact) mass is 379 g/mol. The summed E-state index contributed by atoms with van der Waals surface area (Å²) in [6.45, 7) is 6.09. The Labute approximate surface area is 152 Å². The van der Waals surface area contributed by atoms with Crippen molar-refractivity contribution in [3.05, 3.63) is 47.0 Å². The fourth-order valence-corrected chi connectivity index (χ4v) is 5.13. The van der Waals surface area contributed by atoms with E-state index in [9.17, 15) is 17.6 Å². The third-order valence-electron chi connectivity index (χ3n) is 4.86. The molecule has 2 aromatic rings. The molecule has 2 heterocycles. The average Bonchev–Trinajstić information content (AvgIpc) is 2.90. The third kappa shape index (κ3) is 3.19. The lowest BCUT2D eigenvalue weighted by Crippen LogP contribution is -2.38. The summed E-state index contributed by atoms with van der Waals surface area (Å²) in [5, 5.41) is 4.10. The normalized spacial score (nSPS) is 16.8. The van der Waals surface area contributed by atoms with Crippen LogP contribution in [0.2, 0.25) is 0 Å². The largest absolute Gasteiger partial charge is 0.281 e. The summed E-state index contributed by atoms with van der Waals surface area (Å²) in [5.74, 6) is -0.856. The van der Waals surface area contributed by atoms with Crippen LogP contribution in [0.5, 0.6) is 0 Å². The lowest BCUT2D eigenvalue weighted by Gasteiger charge is -2.29. The Balaban J connectivity index is 2.01. The van der Waals surface area contributed by atoms with Crippen molar-refractivity contribution in [3.8, 4) is 0 Å². The molecule has 6 nitrogen and oxygen atoms in total. The number of carbonyl (C=O) groups excluding carboxylic acids is 1. The van der Waals surface area contributed by atoms with E-state index >= 15 is 0 Å². The van der Waals surface area contributed by atoms with E-state index in [1.165, 1.54) is 29.4 Å². The average molecular weight is 379 g/mol. The Morgan fingerprint density at radius 1 is 1.19 bits per heavy atom. The first-order chi connectivity index (χ1) is 12.2. The highest BCUT2D eigenvalue weighted by molar-refractivity contribution is 7.89. The molecule has 1 fully saturated rings. The molecule has 1 saturated heterocycles. The minimum atomic E-state index is -3.75. The number of nitrogens with zero attached hydrogens (tertiary/aromatic N) is 3. The van der Waals surface area contributed by atoms with Gasteiger partial charge in [0.2, 0.25) is 10.0 Å². The van der Waals surface area contributed by atoms with Crippen LogP contribution in [0.1, 0.15) is 41.5 Å². The number of piperidine rings is 1. The molecule has 8 heteroatoms. The van der Waals surface area contributed by atoms with Crippen LogP contribution in [0, 0.1) is 25.6 Å². The van der Waals surface area contributed by atoms with Gasteiger partial charge < -0.3 is 0 Å². The number of hydrogen-bond acceptors (Lipinski definition) is 4. The van der Waals surface area contributed by atoms with E-state index in [2.05, 4.69) is 12.0 Å². The zero-order valence-corrected chi connectivity index (χ0v) is 15.9. The van der Waals surface area contributed by atoms with Crippen LogP contribution in [0.4, 0.5) is 4.39 Å². The molecule has 140 valence electrons. The summed E-state index contributed by atoms with van der Waals surface area (Å²) < 4.78 is 42.5. The predicted molar refractivity (Wildman–Crippen MR) is 95.0 cm³/mol. The van der Waals surface area contributed by atoms with Gasteiger partial charge in [-0.15, -0.1) is 0 Å². The molecule has 0 aliphatic carbocycles. The van der Waals surface area contributed by atoms with Crippen molar-refractivity contribution in [1.82, 2.24) is 14.1 Å². The first kappa shape index (κ1) is 18.7. The maximum atomic E-state index is 13.9. The Morgan fingerprint density at radius 3 is 2.42 bits per heavy atom. The van der Waals surface area contributed by atoms with Gasteiger partial charge in [-0.1, -0.05) is 19.1 Å². The molecule has 0 spiro atoms. The quantitative estimate of drug-likeness (QED) is 0.822. The molecular formula is C18H22FN3O3S. The van der Waals surface area contributed by atoms with Gasteiger partial charge in [-0.05, 0) is 44.7 Å². The summed E-state index contributed by atoms with van der Waals surface area (Å²) in [6, 6.07) is 5.58. The van der Waals surface area contributed by atoms with Gasteiger partial charge in [0.15, 0.2) is 0 Å². The molecule has 1 aromatic heterocycles. The van der Waals surface area contributed by atoms with Crippen LogP contribution in [0.15, 0.2) is 29.2 Å². The number of benzene rings is 1. The van der Waals surface area contributed by atoms with Crippen molar-refractivity contribution in [3.63, 3.8) is 0 Å². The molecule has 26 heavy (non-hydrogen) atoms. The smallest absolute Gasteiger partial charge is 0.267 e. The number of aryl methyl sites for hydroxylation is 1. The van der Waals surface area contributed by atoms with Crippen LogP contribution in [-0.2, 0) is 10.0 Å². The van der Waals surface area contributed by atoms with E-state index in [0.29, 0.717) is 19.0 Å². The minimum Gasteiger partial charge on any atom is -0.267 e. The first-order valence-electron chi connectivity index (χ1n) is 8.59. The first-order valence-corrected chi connectivity index (χ1v) is 10.0. The summed E-state index contributed by atoms with van der Waals surface area (Å²) in [7, 11) is -3.75. The molecule has 1 aliphatic heterocycles. The van der Waals surface area contributed by atoms with Gasteiger partial charge >= 0.3 is 0 Å². The number of hydrogen-bond donors (Lipinski definition) is 0. The highest BCUT2D eigenvalue weighted by atomic mass is 32.2. The van der Waals surface area contributed by atoms with Crippen LogP contribution < -0.4 is 0 Å². The third-order valence-corrected chi connectivity index (χ3v) is 7.01.